The Bertz CT molecular complexity index is 895. The first-order valence-electron chi connectivity index (χ1n) is 8.39. The average Bonchev–Trinajstić information content (AvgIpc) is 2.64. The van der Waals surface area contributed by atoms with Crippen LogP contribution in [0.5, 0.6) is 0 Å². The lowest BCUT2D eigenvalue weighted by Crippen LogP contribution is -3.13. The number of benzene rings is 2. The summed E-state index contributed by atoms with van der Waals surface area (Å²) in [6.45, 7) is 5.60. The van der Waals surface area contributed by atoms with Crippen molar-refractivity contribution in [1.29, 1.82) is 5.26 Å². The van der Waals surface area contributed by atoms with Gasteiger partial charge in [-0.2, -0.15) is 9.57 Å². The van der Waals surface area contributed by atoms with Gasteiger partial charge in [0.15, 0.2) is 0 Å². The topological polar surface area (TPSA) is 65.6 Å². The van der Waals surface area contributed by atoms with E-state index in [9.17, 15) is 8.42 Å². The van der Waals surface area contributed by atoms with E-state index < -0.39 is 10.0 Å². The largest absolute Gasteiger partial charge is 0.329 e. The summed E-state index contributed by atoms with van der Waals surface area (Å²) in [4.78, 5) is 1.60. The van der Waals surface area contributed by atoms with E-state index in [0.29, 0.717) is 18.7 Å². The molecule has 1 aliphatic rings. The number of hydrogen-bond acceptors (Lipinski definition) is 3. The quantitative estimate of drug-likeness (QED) is 0.887. The highest BCUT2D eigenvalue weighted by Gasteiger charge is 2.30. The van der Waals surface area contributed by atoms with Crippen molar-refractivity contribution in [3.63, 3.8) is 0 Å². The number of nitrogens with zero attached hydrogens (tertiary/aromatic N) is 2. The maximum absolute atomic E-state index is 12.8. The number of aryl methyl sites for hydroxylation is 1. The van der Waals surface area contributed by atoms with E-state index in [2.05, 4.69) is 19.1 Å². The highest BCUT2D eigenvalue weighted by molar-refractivity contribution is 7.89. The summed E-state index contributed by atoms with van der Waals surface area (Å²) in [5.74, 6) is 0. The smallest absolute Gasteiger partial charge is 0.243 e. The first kappa shape index (κ1) is 17.6. The van der Waals surface area contributed by atoms with E-state index in [4.69, 9.17) is 5.26 Å². The number of hydrogen-bond donors (Lipinski definition) is 1. The van der Waals surface area contributed by atoms with Gasteiger partial charge in [0.25, 0.3) is 0 Å². The van der Waals surface area contributed by atoms with Gasteiger partial charge in [-0.15, -0.1) is 0 Å². The number of quaternary nitrogens is 1. The molecule has 130 valence electrons. The van der Waals surface area contributed by atoms with E-state index in [1.165, 1.54) is 26.4 Å². The lowest BCUT2D eigenvalue weighted by Gasteiger charge is -2.31. The predicted molar refractivity (Wildman–Crippen MR) is 95.5 cm³/mol. The van der Waals surface area contributed by atoms with Gasteiger partial charge >= 0.3 is 0 Å². The van der Waals surface area contributed by atoms with Gasteiger partial charge < -0.3 is 4.90 Å². The Morgan fingerprint density at radius 2 is 1.84 bits per heavy atom. The molecular weight excluding hydrogens is 334 g/mol. The first-order chi connectivity index (χ1) is 12.0. The Morgan fingerprint density at radius 3 is 2.52 bits per heavy atom. The lowest BCUT2D eigenvalue weighted by molar-refractivity contribution is -0.917. The normalized spacial score (nSPS) is 16.5. The Hall–Kier alpha value is -2.20. The average molecular weight is 356 g/mol. The second kappa shape index (κ2) is 7.36. The van der Waals surface area contributed by atoms with Crippen LogP contribution in [0, 0.1) is 18.3 Å². The summed E-state index contributed by atoms with van der Waals surface area (Å²) in [6, 6.07) is 16.6. The SMILES string of the molecule is Cc1ccccc1C[NH+]1CCN(S(=O)(=O)c2cccc(C#N)c2)CC1. The van der Waals surface area contributed by atoms with Crippen LogP contribution >= 0.6 is 0 Å². The van der Waals surface area contributed by atoms with Crippen LogP contribution in [-0.4, -0.2) is 38.9 Å². The van der Waals surface area contributed by atoms with E-state index in [1.54, 1.807) is 18.2 Å². The molecule has 0 amide bonds. The van der Waals surface area contributed by atoms with Gasteiger partial charge in [-0.3, -0.25) is 0 Å². The number of rotatable bonds is 4. The lowest BCUT2D eigenvalue weighted by atomic mass is 10.1. The molecule has 0 saturated carbocycles. The van der Waals surface area contributed by atoms with Gasteiger partial charge in [-0.1, -0.05) is 30.3 Å². The van der Waals surface area contributed by atoms with Crippen LogP contribution in [0.3, 0.4) is 0 Å². The zero-order chi connectivity index (χ0) is 17.9. The number of sulfonamides is 1. The third-order valence-corrected chi connectivity index (χ3v) is 6.63. The van der Waals surface area contributed by atoms with Crippen molar-refractivity contribution in [2.75, 3.05) is 26.2 Å². The molecule has 3 rings (SSSR count). The van der Waals surface area contributed by atoms with Crippen LogP contribution in [0.15, 0.2) is 53.4 Å². The molecule has 6 heteroatoms. The maximum Gasteiger partial charge on any atom is 0.243 e. The molecule has 2 aromatic carbocycles. The van der Waals surface area contributed by atoms with Crippen molar-refractivity contribution in [2.24, 2.45) is 0 Å². The second-order valence-corrected chi connectivity index (χ2v) is 8.33. The van der Waals surface area contributed by atoms with E-state index in [1.807, 2.05) is 18.2 Å². The standard InChI is InChI=1S/C19H21N3O2S/c1-16-5-2-3-7-18(16)15-21-9-11-22(12-10-21)25(23,24)19-8-4-6-17(13-19)14-20/h2-8,13H,9-12,15H2,1H3/p+1. The fourth-order valence-electron chi connectivity index (χ4n) is 3.17. The van der Waals surface area contributed by atoms with E-state index in [0.717, 1.165) is 19.6 Å². The van der Waals surface area contributed by atoms with Gasteiger partial charge in [0.2, 0.25) is 10.0 Å². The first-order valence-corrected chi connectivity index (χ1v) is 9.83. The van der Waals surface area contributed by atoms with Gasteiger partial charge in [0.1, 0.15) is 6.54 Å². The predicted octanol–water partition coefficient (Wildman–Crippen LogP) is 0.956. The molecular formula is C19H22N3O2S+. The van der Waals surface area contributed by atoms with Gasteiger partial charge in [0.05, 0.1) is 42.7 Å². The van der Waals surface area contributed by atoms with Crippen molar-refractivity contribution in [3.05, 3.63) is 65.2 Å². The summed E-state index contributed by atoms with van der Waals surface area (Å²) >= 11 is 0. The van der Waals surface area contributed by atoms with Crippen molar-refractivity contribution in [3.8, 4) is 6.07 Å². The van der Waals surface area contributed by atoms with Crippen LogP contribution in [0.25, 0.3) is 0 Å². The minimum absolute atomic E-state index is 0.203. The Morgan fingerprint density at radius 1 is 1.12 bits per heavy atom. The summed E-state index contributed by atoms with van der Waals surface area (Å²) in [5, 5.41) is 8.97. The Kier molecular flexibility index (Phi) is 5.19. The van der Waals surface area contributed by atoms with Gasteiger partial charge in [0, 0.05) is 5.56 Å². The van der Waals surface area contributed by atoms with E-state index in [-0.39, 0.29) is 4.90 Å². The van der Waals surface area contributed by atoms with Gasteiger partial charge in [-0.25, -0.2) is 8.42 Å². The van der Waals surface area contributed by atoms with Crippen LogP contribution in [0.4, 0.5) is 0 Å². The van der Waals surface area contributed by atoms with Crippen LogP contribution < -0.4 is 4.90 Å². The van der Waals surface area contributed by atoms with Crippen molar-refractivity contribution >= 4 is 10.0 Å². The molecule has 25 heavy (non-hydrogen) atoms. The fraction of sp³-hybridized carbons (Fsp3) is 0.316. The van der Waals surface area contributed by atoms with Crippen molar-refractivity contribution in [2.45, 2.75) is 18.4 Å². The summed E-state index contributed by atoms with van der Waals surface area (Å²) in [6.07, 6.45) is 0. The molecule has 0 spiro atoms. The number of nitrogens with one attached hydrogen (secondary N) is 1. The molecule has 0 aromatic heterocycles. The Balaban J connectivity index is 1.67. The highest BCUT2D eigenvalue weighted by atomic mass is 32.2. The minimum atomic E-state index is -3.53. The molecule has 2 aromatic rings. The monoisotopic (exact) mass is 356 g/mol. The molecule has 0 atom stereocenters. The van der Waals surface area contributed by atoms with Crippen molar-refractivity contribution in [1.82, 2.24) is 4.31 Å². The summed E-state index contributed by atoms with van der Waals surface area (Å²) < 4.78 is 27.1. The molecule has 0 aliphatic carbocycles. The third-order valence-electron chi connectivity index (χ3n) is 4.73. The molecule has 1 N–H and O–H groups in total. The number of piperazine rings is 1. The van der Waals surface area contributed by atoms with Crippen molar-refractivity contribution < 1.29 is 13.3 Å². The molecule has 1 heterocycles. The molecule has 0 unspecified atom stereocenters. The van der Waals surface area contributed by atoms with E-state index >= 15 is 0 Å². The second-order valence-electron chi connectivity index (χ2n) is 6.40. The summed E-state index contributed by atoms with van der Waals surface area (Å²) in [7, 11) is -3.53. The molecule has 1 fully saturated rings. The number of nitriles is 1. The zero-order valence-electron chi connectivity index (χ0n) is 14.3. The van der Waals surface area contributed by atoms with Crippen LogP contribution in [-0.2, 0) is 16.6 Å². The third kappa shape index (κ3) is 3.90. The molecule has 0 radical (unpaired) electrons. The fourth-order valence-corrected chi connectivity index (χ4v) is 4.66. The summed E-state index contributed by atoms with van der Waals surface area (Å²) in [5.41, 5.74) is 2.96. The van der Waals surface area contributed by atoms with Crippen LogP contribution in [0.1, 0.15) is 16.7 Å². The zero-order valence-corrected chi connectivity index (χ0v) is 15.1. The molecule has 0 bridgehead atoms. The highest BCUT2D eigenvalue weighted by Crippen LogP contribution is 2.17. The maximum atomic E-state index is 12.8. The molecule has 5 nitrogen and oxygen atoms in total. The minimum Gasteiger partial charge on any atom is -0.329 e. The molecule has 1 aliphatic heterocycles. The van der Waals surface area contributed by atoms with Gasteiger partial charge in [-0.05, 0) is 30.7 Å². The Labute approximate surface area is 149 Å². The van der Waals surface area contributed by atoms with Crippen LogP contribution in [0.2, 0.25) is 0 Å². The molecule has 1 saturated heterocycles.